The SMILES string of the molecule is O=C(O)c1cncnc1CN1CCC(c2ccccc2)C1. The first kappa shape index (κ1) is 13.7. The van der Waals surface area contributed by atoms with Crippen LogP contribution >= 0.6 is 0 Å². The molecule has 1 fully saturated rings. The van der Waals surface area contributed by atoms with Gasteiger partial charge in [0, 0.05) is 19.3 Å². The second kappa shape index (κ2) is 6.01. The molecule has 0 aliphatic carbocycles. The van der Waals surface area contributed by atoms with Gasteiger partial charge in [-0.3, -0.25) is 4.90 Å². The van der Waals surface area contributed by atoms with Gasteiger partial charge in [0.2, 0.25) is 0 Å². The van der Waals surface area contributed by atoms with E-state index in [0.29, 0.717) is 18.2 Å². The van der Waals surface area contributed by atoms with Crippen LogP contribution in [0.2, 0.25) is 0 Å². The summed E-state index contributed by atoms with van der Waals surface area (Å²) in [4.78, 5) is 21.4. The van der Waals surface area contributed by atoms with E-state index in [4.69, 9.17) is 0 Å². The molecule has 2 heterocycles. The minimum Gasteiger partial charge on any atom is -0.478 e. The zero-order chi connectivity index (χ0) is 14.7. The molecule has 2 aromatic rings. The van der Waals surface area contributed by atoms with Gasteiger partial charge in [-0.2, -0.15) is 0 Å². The smallest absolute Gasteiger partial charge is 0.339 e. The fourth-order valence-corrected chi connectivity index (χ4v) is 2.84. The zero-order valence-corrected chi connectivity index (χ0v) is 11.6. The highest BCUT2D eigenvalue weighted by atomic mass is 16.4. The number of carboxylic acid groups (broad SMARTS) is 1. The summed E-state index contributed by atoms with van der Waals surface area (Å²) in [5, 5.41) is 9.17. The van der Waals surface area contributed by atoms with E-state index in [9.17, 15) is 9.90 Å². The minimum atomic E-state index is -0.968. The molecule has 1 aromatic carbocycles. The summed E-state index contributed by atoms with van der Waals surface area (Å²) in [5.41, 5.74) is 2.13. The Morgan fingerprint density at radius 2 is 2.14 bits per heavy atom. The van der Waals surface area contributed by atoms with Crippen molar-refractivity contribution in [3.8, 4) is 0 Å². The lowest BCUT2D eigenvalue weighted by Crippen LogP contribution is -2.22. The Morgan fingerprint density at radius 3 is 2.90 bits per heavy atom. The van der Waals surface area contributed by atoms with Crippen molar-refractivity contribution < 1.29 is 9.90 Å². The topological polar surface area (TPSA) is 66.3 Å². The lowest BCUT2D eigenvalue weighted by Gasteiger charge is -2.16. The first-order valence-corrected chi connectivity index (χ1v) is 7.03. The third kappa shape index (κ3) is 3.08. The van der Waals surface area contributed by atoms with E-state index in [2.05, 4.69) is 39.1 Å². The maximum atomic E-state index is 11.2. The number of benzene rings is 1. The van der Waals surface area contributed by atoms with Gasteiger partial charge in [0.05, 0.1) is 5.69 Å². The average Bonchev–Trinajstić information content (AvgIpc) is 2.97. The highest BCUT2D eigenvalue weighted by Crippen LogP contribution is 2.27. The number of carboxylic acids is 1. The van der Waals surface area contributed by atoms with Crippen LogP contribution in [0.3, 0.4) is 0 Å². The predicted octanol–water partition coefficient (Wildman–Crippen LogP) is 2.16. The van der Waals surface area contributed by atoms with Gasteiger partial charge in [-0.05, 0) is 24.4 Å². The van der Waals surface area contributed by atoms with E-state index in [1.807, 2.05) is 6.07 Å². The third-order valence-corrected chi connectivity index (χ3v) is 3.94. The van der Waals surface area contributed by atoms with Gasteiger partial charge in [-0.1, -0.05) is 30.3 Å². The maximum Gasteiger partial charge on any atom is 0.339 e. The first-order valence-electron chi connectivity index (χ1n) is 7.03. The minimum absolute atomic E-state index is 0.195. The molecule has 0 bridgehead atoms. The van der Waals surface area contributed by atoms with Crippen molar-refractivity contribution in [2.24, 2.45) is 0 Å². The van der Waals surface area contributed by atoms with E-state index in [1.165, 1.54) is 18.1 Å². The van der Waals surface area contributed by atoms with Gasteiger partial charge >= 0.3 is 5.97 Å². The summed E-state index contributed by atoms with van der Waals surface area (Å²) in [6.07, 6.45) is 3.87. The number of nitrogens with zero attached hydrogens (tertiary/aromatic N) is 3. The van der Waals surface area contributed by atoms with Crippen LogP contribution in [-0.2, 0) is 6.54 Å². The molecule has 1 aliphatic rings. The van der Waals surface area contributed by atoms with Crippen molar-refractivity contribution in [1.82, 2.24) is 14.9 Å². The number of likely N-dealkylation sites (tertiary alicyclic amines) is 1. The van der Waals surface area contributed by atoms with Crippen molar-refractivity contribution in [2.45, 2.75) is 18.9 Å². The highest BCUT2D eigenvalue weighted by Gasteiger charge is 2.25. The molecule has 1 atom stereocenters. The molecule has 1 aromatic heterocycles. The van der Waals surface area contributed by atoms with Crippen LogP contribution in [-0.4, -0.2) is 39.0 Å². The van der Waals surface area contributed by atoms with Crippen LogP contribution in [0.25, 0.3) is 0 Å². The quantitative estimate of drug-likeness (QED) is 0.931. The van der Waals surface area contributed by atoms with Gasteiger partial charge in [0.25, 0.3) is 0 Å². The van der Waals surface area contributed by atoms with Crippen molar-refractivity contribution in [2.75, 3.05) is 13.1 Å². The molecular weight excluding hydrogens is 266 g/mol. The molecule has 0 radical (unpaired) electrons. The van der Waals surface area contributed by atoms with E-state index < -0.39 is 5.97 Å². The molecule has 0 amide bonds. The summed E-state index contributed by atoms with van der Waals surface area (Å²) >= 11 is 0. The van der Waals surface area contributed by atoms with Crippen molar-refractivity contribution in [3.05, 3.63) is 59.7 Å². The summed E-state index contributed by atoms with van der Waals surface area (Å²) < 4.78 is 0. The van der Waals surface area contributed by atoms with Crippen molar-refractivity contribution in [1.29, 1.82) is 0 Å². The Morgan fingerprint density at radius 1 is 1.33 bits per heavy atom. The molecule has 1 aliphatic heterocycles. The van der Waals surface area contributed by atoms with E-state index in [0.717, 1.165) is 19.5 Å². The fourth-order valence-electron chi connectivity index (χ4n) is 2.84. The van der Waals surface area contributed by atoms with Crippen molar-refractivity contribution >= 4 is 5.97 Å². The van der Waals surface area contributed by atoms with Gasteiger partial charge in [-0.15, -0.1) is 0 Å². The summed E-state index contributed by atoms with van der Waals surface area (Å²) in [5.74, 6) is -0.453. The van der Waals surface area contributed by atoms with E-state index >= 15 is 0 Å². The monoisotopic (exact) mass is 283 g/mol. The molecule has 5 nitrogen and oxygen atoms in total. The van der Waals surface area contributed by atoms with Crippen molar-refractivity contribution in [3.63, 3.8) is 0 Å². The number of hydrogen-bond donors (Lipinski definition) is 1. The molecule has 0 spiro atoms. The Labute approximate surface area is 123 Å². The lowest BCUT2D eigenvalue weighted by atomic mass is 9.99. The summed E-state index contributed by atoms with van der Waals surface area (Å²) in [6.45, 7) is 2.46. The van der Waals surface area contributed by atoms with E-state index in [-0.39, 0.29) is 5.56 Å². The Kier molecular flexibility index (Phi) is 3.92. The third-order valence-electron chi connectivity index (χ3n) is 3.94. The molecule has 1 saturated heterocycles. The highest BCUT2D eigenvalue weighted by molar-refractivity contribution is 5.88. The Hall–Kier alpha value is -2.27. The first-order chi connectivity index (χ1) is 10.2. The predicted molar refractivity (Wildman–Crippen MR) is 78.1 cm³/mol. The number of aromatic carboxylic acids is 1. The largest absolute Gasteiger partial charge is 0.478 e. The summed E-state index contributed by atoms with van der Waals surface area (Å²) in [7, 11) is 0. The molecular formula is C16H17N3O2. The average molecular weight is 283 g/mol. The number of aromatic nitrogens is 2. The normalized spacial score (nSPS) is 18.8. The second-order valence-corrected chi connectivity index (χ2v) is 5.32. The second-order valence-electron chi connectivity index (χ2n) is 5.32. The van der Waals surface area contributed by atoms with Crippen LogP contribution in [0.5, 0.6) is 0 Å². The molecule has 5 heteroatoms. The molecule has 3 rings (SSSR count). The molecule has 0 saturated carbocycles. The van der Waals surface area contributed by atoms with Crippen LogP contribution in [0.4, 0.5) is 0 Å². The van der Waals surface area contributed by atoms with Gasteiger partial charge in [0.15, 0.2) is 0 Å². The van der Waals surface area contributed by atoms with Gasteiger partial charge < -0.3 is 5.11 Å². The molecule has 1 unspecified atom stereocenters. The van der Waals surface area contributed by atoms with Crippen LogP contribution in [0.1, 0.15) is 34.0 Å². The number of rotatable bonds is 4. The van der Waals surface area contributed by atoms with Gasteiger partial charge in [0.1, 0.15) is 11.9 Å². The molecule has 108 valence electrons. The lowest BCUT2D eigenvalue weighted by molar-refractivity contribution is 0.0693. The maximum absolute atomic E-state index is 11.2. The number of hydrogen-bond acceptors (Lipinski definition) is 4. The molecule has 21 heavy (non-hydrogen) atoms. The Bertz CT molecular complexity index is 630. The van der Waals surface area contributed by atoms with Gasteiger partial charge in [-0.25, -0.2) is 14.8 Å². The van der Waals surface area contributed by atoms with E-state index in [1.54, 1.807) is 0 Å². The fraction of sp³-hybridized carbons (Fsp3) is 0.312. The van der Waals surface area contributed by atoms with Crippen LogP contribution in [0, 0.1) is 0 Å². The number of carbonyl (C=O) groups is 1. The van der Waals surface area contributed by atoms with Crippen LogP contribution < -0.4 is 0 Å². The Balaban J connectivity index is 1.69. The molecule has 1 N–H and O–H groups in total. The summed E-state index contributed by atoms with van der Waals surface area (Å²) in [6, 6.07) is 10.5. The zero-order valence-electron chi connectivity index (χ0n) is 11.6. The van der Waals surface area contributed by atoms with Crippen LogP contribution in [0.15, 0.2) is 42.9 Å². The standard InChI is InChI=1S/C16H17N3O2/c20-16(21)14-8-17-11-18-15(14)10-19-7-6-13(9-19)12-4-2-1-3-5-12/h1-5,8,11,13H,6-7,9-10H2,(H,20,21).